The van der Waals surface area contributed by atoms with Gasteiger partial charge in [0.2, 0.25) is 0 Å². The molecule has 1 aliphatic rings. The summed E-state index contributed by atoms with van der Waals surface area (Å²) in [5.74, 6) is -3.18. The van der Waals surface area contributed by atoms with E-state index in [1.165, 1.54) is 18.2 Å². The predicted molar refractivity (Wildman–Crippen MR) is 147 cm³/mol. The molecule has 0 spiro atoms. The summed E-state index contributed by atoms with van der Waals surface area (Å²) in [5.41, 5.74) is 5.96. The summed E-state index contributed by atoms with van der Waals surface area (Å²) >= 11 is 0. The smallest absolute Gasteiger partial charge is 0.323 e. The molecule has 0 radical (unpaired) electrons. The van der Waals surface area contributed by atoms with Crippen LogP contribution in [0.1, 0.15) is 29.3 Å². The molecule has 3 aromatic carbocycles. The second-order valence-electron chi connectivity index (χ2n) is 9.10. The molecule has 2 heterocycles. The number of aromatic nitrogens is 1. The Hall–Kier alpha value is -4.92. The average Bonchev–Trinajstić information content (AvgIpc) is 3.48. The van der Waals surface area contributed by atoms with Crippen molar-refractivity contribution in [3.8, 4) is 0 Å². The van der Waals surface area contributed by atoms with E-state index < -0.39 is 12.0 Å². The number of aromatic amines is 1. The van der Waals surface area contributed by atoms with E-state index in [1.807, 2.05) is 49.4 Å². The van der Waals surface area contributed by atoms with Crippen LogP contribution in [0.4, 0.5) is 42.0 Å². The van der Waals surface area contributed by atoms with E-state index in [1.54, 1.807) is 24.4 Å². The third-order valence-electron chi connectivity index (χ3n) is 6.13. The summed E-state index contributed by atoms with van der Waals surface area (Å²) in [5, 5.41) is 11.6. The van der Waals surface area contributed by atoms with Gasteiger partial charge >= 0.3 is 6.03 Å². The number of carbonyl (C=O) groups is 2. The van der Waals surface area contributed by atoms with E-state index in [4.69, 9.17) is 0 Å². The molecule has 0 fully saturated rings. The predicted octanol–water partition coefficient (Wildman–Crippen LogP) is 7.32. The fraction of sp³-hybridized carbons (Fsp3) is 0.103. The maximum atomic E-state index is 13.6. The molecule has 0 aliphatic carbocycles. The lowest BCUT2D eigenvalue weighted by molar-refractivity contribution is -0.110. The number of hydrogen-bond donors (Lipinski definition) is 5. The molecule has 5 N–H and O–H groups in total. The van der Waals surface area contributed by atoms with Crippen molar-refractivity contribution in [3.05, 3.63) is 101 Å². The summed E-state index contributed by atoms with van der Waals surface area (Å²) < 4.78 is 27.2. The van der Waals surface area contributed by atoms with Crippen molar-refractivity contribution in [3.63, 3.8) is 0 Å². The number of alkyl halides is 2. The van der Waals surface area contributed by atoms with Gasteiger partial charge in [-0.15, -0.1) is 0 Å². The van der Waals surface area contributed by atoms with Crippen LogP contribution in [0, 0.1) is 6.92 Å². The van der Waals surface area contributed by atoms with Gasteiger partial charge in [0.05, 0.1) is 11.3 Å². The molecule has 0 saturated carbocycles. The van der Waals surface area contributed by atoms with Gasteiger partial charge in [0.25, 0.3) is 11.8 Å². The molecule has 5 rings (SSSR count). The highest BCUT2D eigenvalue weighted by Crippen LogP contribution is 2.36. The number of rotatable bonds is 6. The van der Waals surface area contributed by atoms with Crippen molar-refractivity contribution in [2.75, 3.05) is 21.3 Å². The largest absolute Gasteiger partial charge is 0.362 e. The Morgan fingerprint density at radius 1 is 0.921 bits per heavy atom. The number of benzene rings is 3. The molecule has 0 saturated heterocycles. The van der Waals surface area contributed by atoms with Crippen molar-refractivity contribution >= 4 is 52.0 Å². The van der Waals surface area contributed by atoms with Gasteiger partial charge in [-0.1, -0.05) is 24.3 Å². The van der Waals surface area contributed by atoms with Crippen LogP contribution < -0.4 is 21.3 Å². The Balaban J connectivity index is 1.30. The highest BCUT2D eigenvalue weighted by Gasteiger charge is 2.25. The summed E-state index contributed by atoms with van der Waals surface area (Å²) in [6, 6.07) is 19.7. The highest BCUT2D eigenvalue weighted by atomic mass is 19.3. The topological polar surface area (TPSA) is 98.0 Å². The average molecular weight is 514 g/mol. The number of urea groups is 1. The van der Waals surface area contributed by atoms with Crippen molar-refractivity contribution in [2.24, 2.45) is 0 Å². The Morgan fingerprint density at radius 3 is 2.42 bits per heavy atom. The van der Waals surface area contributed by atoms with E-state index in [0.717, 1.165) is 35.1 Å². The van der Waals surface area contributed by atoms with Crippen molar-refractivity contribution in [1.82, 2.24) is 4.98 Å². The molecule has 3 amide bonds. The first-order chi connectivity index (χ1) is 18.2. The van der Waals surface area contributed by atoms with Gasteiger partial charge in [-0.3, -0.25) is 4.79 Å². The zero-order valence-electron chi connectivity index (χ0n) is 20.7. The fourth-order valence-electron chi connectivity index (χ4n) is 4.16. The SMILES string of the molecule is Cc1ccc(NC(=O)Nc2cccc(C(C)(F)F)c2)cc1Nc1ccc2c(c1)NC(=O)C2=Cc1ccc[nH]1. The van der Waals surface area contributed by atoms with Gasteiger partial charge < -0.3 is 26.3 Å². The van der Waals surface area contributed by atoms with Crippen LogP contribution in [0.3, 0.4) is 0 Å². The zero-order valence-corrected chi connectivity index (χ0v) is 20.7. The van der Waals surface area contributed by atoms with Gasteiger partial charge in [0.15, 0.2) is 0 Å². The molecule has 0 atom stereocenters. The Kier molecular flexibility index (Phi) is 6.42. The van der Waals surface area contributed by atoms with Crippen LogP contribution in [0.25, 0.3) is 11.6 Å². The van der Waals surface area contributed by atoms with E-state index in [9.17, 15) is 18.4 Å². The number of amides is 3. The zero-order chi connectivity index (χ0) is 26.9. The third kappa shape index (κ3) is 5.41. The van der Waals surface area contributed by atoms with Crippen LogP contribution in [-0.2, 0) is 10.7 Å². The number of carbonyl (C=O) groups excluding carboxylic acids is 2. The molecule has 9 heteroatoms. The minimum atomic E-state index is -3.01. The van der Waals surface area contributed by atoms with Gasteiger partial charge in [-0.2, -0.15) is 0 Å². The molecule has 0 unspecified atom stereocenters. The maximum Gasteiger partial charge on any atom is 0.323 e. The summed E-state index contributed by atoms with van der Waals surface area (Å²) in [4.78, 5) is 28.1. The number of fused-ring (bicyclic) bond motifs is 1. The number of nitrogens with one attached hydrogen (secondary N) is 5. The lowest BCUT2D eigenvalue weighted by atomic mass is 10.1. The lowest BCUT2D eigenvalue weighted by Gasteiger charge is -2.15. The number of aryl methyl sites for hydroxylation is 1. The van der Waals surface area contributed by atoms with Crippen molar-refractivity contribution < 1.29 is 18.4 Å². The van der Waals surface area contributed by atoms with Gasteiger partial charge in [-0.25, -0.2) is 13.6 Å². The first kappa shape index (κ1) is 24.8. The molecular weight excluding hydrogens is 488 g/mol. The van der Waals surface area contributed by atoms with Crippen LogP contribution in [0.2, 0.25) is 0 Å². The Bertz CT molecular complexity index is 1560. The second kappa shape index (κ2) is 9.85. The quantitative estimate of drug-likeness (QED) is 0.175. The molecule has 0 bridgehead atoms. The molecule has 1 aliphatic heterocycles. The lowest BCUT2D eigenvalue weighted by Crippen LogP contribution is -2.20. The molecule has 1 aromatic heterocycles. The van der Waals surface area contributed by atoms with E-state index in [0.29, 0.717) is 16.9 Å². The van der Waals surface area contributed by atoms with E-state index in [2.05, 4.69) is 26.3 Å². The normalized spacial score (nSPS) is 13.7. The molecule has 4 aromatic rings. The van der Waals surface area contributed by atoms with Crippen molar-refractivity contribution in [2.45, 2.75) is 19.8 Å². The summed E-state index contributed by atoms with van der Waals surface area (Å²) in [6.07, 6.45) is 3.61. The van der Waals surface area contributed by atoms with E-state index >= 15 is 0 Å². The van der Waals surface area contributed by atoms with Crippen LogP contribution in [-0.4, -0.2) is 16.9 Å². The molecule has 38 heavy (non-hydrogen) atoms. The third-order valence-corrected chi connectivity index (χ3v) is 6.13. The summed E-state index contributed by atoms with van der Waals surface area (Å²) in [6.45, 7) is 2.73. The Labute approximate surface area is 218 Å². The van der Waals surface area contributed by atoms with Crippen LogP contribution in [0.5, 0.6) is 0 Å². The molecular formula is C29H25F2N5O2. The fourth-order valence-corrected chi connectivity index (χ4v) is 4.16. The highest BCUT2D eigenvalue weighted by molar-refractivity contribution is 6.35. The Morgan fingerprint density at radius 2 is 1.68 bits per heavy atom. The van der Waals surface area contributed by atoms with Crippen molar-refractivity contribution in [1.29, 1.82) is 0 Å². The summed E-state index contributed by atoms with van der Waals surface area (Å²) in [7, 11) is 0. The van der Waals surface area contributed by atoms with Crippen LogP contribution in [0.15, 0.2) is 79.0 Å². The molecule has 7 nitrogen and oxygen atoms in total. The van der Waals surface area contributed by atoms with E-state index in [-0.39, 0.29) is 17.2 Å². The minimum absolute atomic E-state index is 0.173. The number of anilines is 5. The standard InChI is InChI=1S/C29H25F2N5O2/c1-17-8-9-22(35-28(38)34-20-6-3-5-18(13-20)29(2,30)31)15-25(17)33-21-10-11-23-24(14-19-7-4-12-32-19)27(37)36-26(23)16-21/h3-16,32-33H,1-2H3,(H,36,37)(H2,34,35,38). The number of hydrogen-bond acceptors (Lipinski definition) is 3. The van der Waals surface area contributed by atoms with Gasteiger partial charge in [-0.05, 0) is 67.1 Å². The second-order valence-corrected chi connectivity index (χ2v) is 9.10. The van der Waals surface area contributed by atoms with Crippen LogP contribution >= 0.6 is 0 Å². The first-order valence-corrected chi connectivity index (χ1v) is 11.9. The maximum absolute atomic E-state index is 13.6. The molecule has 192 valence electrons. The van der Waals surface area contributed by atoms with Gasteiger partial charge in [0.1, 0.15) is 0 Å². The first-order valence-electron chi connectivity index (χ1n) is 11.9. The number of halogens is 2. The number of H-pyrrole nitrogens is 1. The monoisotopic (exact) mass is 513 g/mol. The van der Waals surface area contributed by atoms with Gasteiger partial charge in [0, 0.05) is 52.7 Å². The minimum Gasteiger partial charge on any atom is -0.362 e.